The van der Waals surface area contributed by atoms with Crippen molar-refractivity contribution in [2.24, 2.45) is 0 Å². The normalized spacial score (nSPS) is 15.6. The number of nitrogens with zero attached hydrogens (tertiary/aromatic N) is 3. The molecule has 0 radical (unpaired) electrons. The molecule has 144 valence electrons. The van der Waals surface area contributed by atoms with Crippen LogP contribution in [0.4, 0.5) is 4.39 Å². The van der Waals surface area contributed by atoms with Gasteiger partial charge in [0.15, 0.2) is 0 Å². The van der Waals surface area contributed by atoms with Crippen LogP contribution in [0.3, 0.4) is 0 Å². The summed E-state index contributed by atoms with van der Waals surface area (Å²) in [6.07, 6.45) is 2.42. The van der Waals surface area contributed by atoms with Crippen LogP contribution in [0.5, 0.6) is 0 Å². The number of carbonyl (C=O) groups is 1. The van der Waals surface area contributed by atoms with Gasteiger partial charge in [0.1, 0.15) is 10.8 Å². The molecule has 2 aromatic carbocycles. The lowest BCUT2D eigenvalue weighted by molar-refractivity contribution is -0.130. The maximum Gasteiger partial charge on any atom is 0.224 e. The lowest BCUT2D eigenvalue weighted by Gasteiger charge is -2.22. The third kappa shape index (κ3) is 4.64. The highest BCUT2D eigenvalue weighted by Crippen LogP contribution is 2.26. The highest BCUT2D eigenvalue weighted by atomic mass is 32.1. The van der Waals surface area contributed by atoms with E-state index in [2.05, 4.69) is 22.0 Å². The van der Waals surface area contributed by atoms with Crippen molar-refractivity contribution in [2.45, 2.75) is 19.5 Å². The Morgan fingerprint density at radius 2 is 1.86 bits per heavy atom. The Balaban J connectivity index is 1.37. The van der Waals surface area contributed by atoms with Gasteiger partial charge in [-0.25, -0.2) is 9.37 Å². The van der Waals surface area contributed by atoms with E-state index in [9.17, 15) is 9.18 Å². The molecule has 6 heteroatoms. The maximum absolute atomic E-state index is 13.4. The molecule has 2 heterocycles. The molecule has 1 saturated heterocycles. The van der Waals surface area contributed by atoms with Crippen LogP contribution in [-0.2, 0) is 17.9 Å². The number of rotatable bonds is 5. The van der Waals surface area contributed by atoms with Crippen molar-refractivity contribution >= 4 is 17.2 Å². The van der Waals surface area contributed by atoms with Crippen molar-refractivity contribution in [3.63, 3.8) is 0 Å². The number of thiazole rings is 1. The fraction of sp³-hybridized carbons (Fsp3) is 0.273. The molecule has 0 aliphatic carbocycles. The third-order valence-corrected chi connectivity index (χ3v) is 5.93. The number of halogens is 1. The van der Waals surface area contributed by atoms with Crippen molar-refractivity contribution in [3.8, 4) is 10.6 Å². The van der Waals surface area contributed by atoms with E-state index in [-0.39, 0.29) is 11.7 Å². The lowest BCUT2D eigenvalue weighted by atomic mass is 10.2. The van der Waals surface area contributed by atoms with E-state index in [1.165, 1.54) is 17.0 Å². The monoisotopic (exact) mass is 395 g/mol. The molecule has 1 aliphatic heterocycles. The molecule has 0 N–H and O–H groups in total. The molecule has 28 heavy (non-hydrogen) atoms. The van der Waals surface area contributed by atoms with Crippen LogP contribution in [0.1, 0.15) is 16.9 Å². The van der Waals surface area contributed by atoms with Crippen molar-refractivity contribution in [1.82, 2.24) is 14.8 Å². The molecule has 1 aromatic heterocycles. The molecule has 1 aliphatic rings. The second-order valence-corrected chi connectivity index (χ2v) is 8.08. The van der Waals surface area contributed by atoms with E-state index in [1.54, 1.807) is 17.4 Å². The maximum atomic E-state index is 13.4. The predicted molar refractivity (Wildman–Crippen MR) is 109 cm³/mol. The molecule has 0 unspecified atom stereocenters. The van der Waals surface area contributed by atoms with Crippen molar-refractivity contribution in [3.05, 3.63) is 77.1 Å². The van der Waals surface area contributed by atoms with Crippen molar-refractivity contribution in [1.29, 1.82) is 0 Å². The minimum atomic E-state index is -0.263. The number of benzene rings is 2. The number of hydrogen-bond acceptors (Lipinski definition) is 4. The zero-order chi connectivity index (χ0) is 19.3. The van der Waals surface area contributed by atoms with Crippen LogP contribution in [0, 0.1) is 5.82 Å². The molecule has 0 bridgehead atoms. The van der Waals surface area contributed by atoms with Crippen LogP contribution in [0.15, 0.2) is 60.8 Å². The topological polar surface area (TPSA) is 36.4 Å². The third-order valence-electron chi connectivity index (χ3n) is 4.90. The van der Waals surface area contributed by atoms with Gasteiger partial charge >= 0.3 is 0 Å². The summed E-state index contributed by atoms with van der Waals surface area (Å²) >= 11 is 1.70. The van der Waals surface area contributed by atoms with Crippen LogP contribution < -0.4 is 0 Å². The molecule has 4 rings (SSSR count). The van der Waals surface area contributed by atoms with E-state index >= 15 is 0 Å². The van der Waals surface area contributed by atoms with Crippen LogP contribution in [0.2, 0.25) is 0 Å². The summed E-state index contributed by atoms with van der Waals surface area (Å²) in [7, 11) is 0. The fourth-order valence-corrected chi connectivity index (χ4v) is 4.37. The van der Waals surface area contributed by atoms with Gasteiger partial charge in [0, 0.05) is 55.8 Å². The number of amides is 1. The fourth-order valence-electron chi connectivity index (χ4n) is 3.41. The Kier molecular flexibility index (Phi) is 5.78. The predicted octanol–water partition coefficient (Wildman–Crippen LogP) is 4.18. The van der Waals surface area contributed by atoms with Gasteiger partial charge in [-0.3, -0.25) is 9.69 Å². The molecule has 0 atom stereocenters. The Morgan fingerprint density at radius 1 is 1.00 bits per heavy atom. The van der Waals surface area contributed by atoms with E-state index in [4.69, 9.17) is 0 Å². The van der Waals surface area contributed by atoms with Crippen LogP contribution in [0.25, 0.3) is 10.6 Å². The molecule has 0 spiro atoms. The first-order valence-corrected chi connectivity index (χ1v) is 10.2. The Bertz CT molecular complexity index is 944. The van der Waals surface area contributed by atoms with Crippen molar-refractivity contribution in [2.75, 3.05) is 19.6 Å². The largest absolute Gasteiger partial charge is 0.337 e. The first-order chi connectivity index (χ1) is 13.7. The summed E-state index contributed by atoms with van der Waals surface area (Å²) in [6.45, 7) is 3.45. The van der Waals surface area contributed by atoms with Gasteiger partial charge in [0.25, 0.3) is 0 Å². The number of hydrogen-bond donors (Lipinski definition) is 0. The first kappa shape index (κ1) is 18.8. The summed E-state index contributed by atoms with van der Waals surface area (Å²) in [5.41, 5.74) is 1.96. The zero-order valence-corrected chi connectivity index (χ0v) is 16.4. The Morgan fingerprint density at radius 3 is 2.68 bits per heavy atom. The quantitative estimate of drug-likeness (QED) is 0.650. The second-order valence-electron chi connectivity index (χ2n) is 6.97. The Labute approximate surface area is 168 Å². The summed E-state index contributed by atoms with van der Waals surface area (Å²) in [5.74, 6) is -0.137. The van der Waals surface area contributed by atoms with Crippen LogP contribution in [-0.4, -0.2) is 40.3 Å². The minimum absolute atomic E-state index is 0.126. The van der Waals surface area contributed by atoms with Gasteiger partial charge < -0.3 is 4.90 Å². The van der Waals surface area contributed by atoms with Gasteiger partial charge in [-0.05, 0) is 17.7 Å². The molecule has 1 fully saturated rings. The average molecular weight is 396 g/mol. The lowest BCUT2D eigenvalue weighted by Crippen LogP contribution is -2.32. The van der Waals surface area contributed by atoms with Gasteiger partial charge in [-0.15, -0.1) is 11.3 Å². The molecular formula is C22H22FN3OS. The molecular weight excluding hydrogens is 373 g/mol. The minimum Gasteiger partial charge on any atom is -0.337 e. The standard InChI is InChI=1S/C22H22FN3OS/c23-19-8-4-5-17(13-19)15-26-12-11-25(10-9-21(26)27)16-20-14-24-22(28-20)18-6-2-1-3-7-18/h1-8,13-14H,9-12,15-16H2. The molecule has 1 amide bonds. The van der Waals surface area contributed by atoms with E-state index < -0.39 is 0 Å². The Hall–Kier alpha value is -2.57. The summed E-state index contributed by atoms with van der Waals surface area (Å²) in [6, 6.07) is 16.6. The summed E-state index contributed by atoms with van der Waals surface area (Å²) < 4.78 is 13.4. The van der Waals surface area contributed by atoms with E-state index in [0.29, 0.717) is 19.5 Å². The highest BCUT2D eigenvalue weighted by molar-refractivity contribution is 7.15. The summed E-state index contributed by atoms with van der Waals surface area (Å²) in [5, 5.41) is 1.02. The highest BCUT2D eigenvalue weighted by Gasteiger charge is 2.21. The number of carbonyl (C=O) groups excluding carboxylic acids is 1. The molecule has 3 aromatic rings. The van der Waals surface area contributed by atoms with Crippen molar-refractivity contribution < 1.29 is 9.18 Å². The first-order valence-electron chi connectivity index (χ1n) is 9.42. The van der Waals surface area contributed by atoms with Gasteiger partial charge in [0.05, 0.1) is 0 Å². The average Bonchev–Trinajstić information content (AvgIpc) is 3.11. The van der Waals surface area contributed by atoms with Gasteiger partial charge in [-0.2, -0.15) is 0 Å². The zero-order valence-electron chi connectivity index (χ0n) is 15.6. The number of aromatic nitrogens is 1. The van der Waals surface area contributed by atoms with Gasteiger partial charge in [-0.1, -0.05) is 42.5 Å². The smallest absolute Gasteiger partial charge is 0.224 e. The molecule has 0 saturated carbocycles. The van der Waals surface area contributed by atoms with Crippen LogP contribution >= 0.6 is 11.3 Å². The summed E-state index contributed by atoms with van der Waals surface area (Å²) in [4.78, 5) is 22.4. The second kappa shape index (κ2) is 8.63. The van der Waals surface area contributed by atoms with E-state index in [0.717, 1.165) is 35.8 Å². The molecule has 4 nitrogen and oxygen atoms in total. The van der Waals surface area contributed by atoms with Gasteiger partial charge in [0.2, 0.25) is 5.91 Å². The van der Waals surface area contributed by atoms with E-state index in [1.807, 2.05) is 35.4 Å². The SMILES string of the molecule is O=C1CCN(Cc2cnc(-c3ccccc3)s2)CCN1Cc1cccc(F)c1.